The molecule has 4 heterocycles. The molecular formula is C24H28FN5O5. The minimum Gasteiger partial charge on any atom is -0.501 e. The van der Waals surface area contributed by atoms with Crippen LogP contribution in [0.5, 0.6) is 5.75 Å². The van der Waals surface area contributed by atoms with Gasteiger partial charge in [0.1, 0.15) is 11.6 Å². The van der Waals surface area contributed by atoms with Gasteiger partial charge in [-0.25, -0.2) is 14.2 Å². The summed E-state index contributed by atoms with van der Waals surface area (Å²) in [5.41, 5.74) is -1.34. The predicted octanol–water partition coefficient (Wildman–Crippen LogP) is 1.46. The van der Waals surface area contributed by atoms with Gasteiger partial charge in [-0.1, -0.05) is 12.1 Å². The van der Waals surface area contributed by atoms with Crippen molar-refractivity contribution >= 4 is 11.9 Å². The van der Waals surface area contributed by atoms with Gasteiger partial charge in [0.2, 0.25) is 5.75 Å². The Morgan fingerprint density at radius 2 is 1.86 bits per heavy atom. The molecule has 186 valence electrons. The number of carbonyl (C=O) groups excluding carboxylic acids is 2. The van der Waals surface area contributed by atoms with E-state index < -0.39 is 28.6 Å². The van der Waals surface area contributed by atoms with Gasteiger partial charge in [0.15, 0.2) is 5.69 Å². The van der Waals surface area contributed by atoms with Crippen LogP contribution in [0, 0.1) is 11.7 Å². The van der Waals surface area contributed by atoms with Crippen LogP contribution >= 0.6 is 0 Å². The van der Waals surface area contributed by atoms with Gasteiger partial charge in [0.25, 0.3) is 11.5 Å². The van der Waals surface area contributed by atoms with Crippen LogP contribution in [0.4, 0.5) is 9.18 Å². The van der Waals surface area contributed by atoms with Gasteiger partial charge in [0.05, 0.1) is 18.8 Å². The minimum atomic E-state index is -0.915. The molecule has 11 heteroatoms. The normalized spacial score (nSPS) is 23.3. The number of aromatic hydroxyl groups is 1. The van der Waals surface area contributed by atoms with E-state index in [0.717, 1.165) is 12.8 Å². The number of fused-ring (bicyclic) bond motifs is 2. The molecule has 2 bridgehead atoms. The first-order valence-corrected chi connectivity index (χ1v) is 11.9. The fraction of sp³-hybridized carbons (Fsp3) is 0.500. The highest BCUT2D eigenvalue weighted by molar-refractivity contribution is 5.94. The van der Waals surface area contributed by atoms with E-state index in [9.17, 15) is 23.9 Å². The van der Waals surface area contributed by atoms with Crippen LogP contribution in [-0.2, 0) is 23.4 Å². The number of morpholine rings is 1. The first-order chi connectivity index (χ1) is 16.9. The van der Waals surface area contributed by atoms with Crippen molar-refractivity contribution in [2.75, 3.05) is 26.3 Å². The van der Waals surface area contributed by atoms with E-state index in [1.165, 1.54) is 28.8 Å². The van der Waals surface area contributed by atoms with E-state index in [1.807, 2.05) is 0 Å². The van der Waals surface area contributed by atoms with Gasteiger partial charge in [0, 0.05) is 26.2 Å². The Bertz CT molecular complexity index is 1180. The summed E-state index contributed by atoms with van der Waals surface area (Å²) < 4.78 is 19.9. The number of amides is 3. The van der Waals surface area contributed by atoms with Crippen molar-refractivity contribution in [2.24, 2.45) is 5.92 Å². The van der Waals surface area contributed by atoms with Crippen LogP contribution in [0.1, 0.15) is 47.6 Å². The zero-order chi connectivity index (χ0) is 24.6. The first kappa shape index (κ1) is 23.3. The molecule has 0 radical (unpaired) electrons. The van der Waals surface area contributed by atoms with Crippen LogP contribution < -0.4 is 16.2 Å². The number of halogens is 1. The number of aromatic nitrogens is 2. The second kappa shape index (κ2) is 9.29. The molecule has 6 rings (SSSR count). The molecule has 10 nitrogen and oxygen atoms in total. The van der Waals surface area contributed by atoms with Gasteiger partial charge < -0.3 is 25.4 Å². The van der Waals surface area contributed by atoms with Crippen molar-refractivity contribution in [1.29, 1.82) is 0 Å². The van der Waals surface area contributed by atoms with Crippen LogP contribution in [-0.4, -0.2) is 57.8 Å². The number of ether oxygens (including phenoxy) is 1. The molecule has 4 aliphatic rings. The molecule has 2 fully saturated rings. The molecule has 0 unspecified atom stereocenters. The summed E-state index contributed by atoms with van der Waals surface area (Å²) in [5.74, 6) is -1.31. The largest absolute Gasteiger partial charge is 0.501 e. The van der Waals surface area contributed by atoms with Crippen LogP contribution in [0.25, 0.3) is 0 Å². The SMILES string of the molecule is O=C(NCc1ccc(F)cc1)c1nc2n(c(=O)c1O)CC1CCC2(NC(=O)N2CCOCC2)CC1. The van der Waals surface area contributed by atoms with Crippen molar-refractivity contribution in [3.63, 3.8) is 0 Å². The predicted molar refractivity (Wildman–Crippen MR) is 122 cm³/mol. The zero-order valence-corrected chi connectivity index (χ0v) is 19.3. The molecule has 35 heavy (non-hydrogen) atoms. The minimum absolute atomic E-state index is 0.0691. The van der Waals surface area contributed by atoms with Gasteiger partial charge in [-0.2, -0.15) is 0 Å². The molecule has 0 spiro atoms. The number of nitrogens with one attached hydrogen (secondary N) is 2. The van der Waals surface area contributed by atoms with Crippen molar-refractivity contribution in [3.8, 4) is 5.75 Å². The summed E-state index contributed by atoms with van der Waals surface area (Å²) in [6.45, 7) is 2.31. The maximum Gasteiger partial charge on any atom is 0.318 e. The first-order valence-electron chi connectivity index (χ1n) is 11.9. The highest BCUT2D eigenvalue weighted by Crippen LogP contribution is 2.43. The lowest BCUT2D eigenvalue weighted by Crippen LogP contribution is -2.55. The third-order valence-corrected chi connectivity index (χ3v) is 7.20. The summed E-state index contributed by atoms with van der Waals surface area (Å²) in [5, 5.41) is 16.4. The van der Waals surface area contributed by atoms with Crippen molar-refractivity contribution in [3.05, 3.63) is 57.5 Å². The van der Waals surface area contributed by atoms with Crippen molar-refractivity contribution in [1.82, 2.24) is 25.1 Å². The third kappa shape index (κ3) is 4.47. The van der Waals surface area contributed by atoms with Crippen molar-refractivity contribution < 1.29 is 23.8 Å². The Labute approximate surface area is 201 Å². The lowest BCUT2D eigenvalue weighted by Gasteiger charge is -2.39. The van der Waals surface area contributed by atoms with Gasteiger partial charge in [-0.15, -0.1) is 0 Å². The molecule has 3 N–H and O–H groups in total. The average molecular weight is 486 g/mol. The summed E-state index contributed by atoms with van der Waals surface area (Å²) in [6, 6.07) is 5.37. The number of urea groups is 1. The Morgan fingerprint density at radius 1 is 1.17 bits per heavy atom. The van der Waals surface area contributed by atoms with Crippen LogP contribution in [0.15, 0.2) is 29.1 Å². The zero-order valence-electron chi connectivity index (χ0n) is 19.3. The molecule has 3 amide bonds. The molecular weight excluding hydrogens is 457 g/mol. The second-order valence-electron chi connectivity index (χ2n) is 9.41. The molecule has 3 aliphatic heterocycles. The average Bonchev–Trinajstić information content (AvgIpc) is 3.12. The lowest BCUT2D eigenvalue weighted by molar-refractivity contribution is 0.0490. The summed E-state index contributed by atoms with van der Waals surface area (Å²) in [6.07, 6.45) is 2.75. The Kier molecular flexibility index (Phi) is 6.18. The highest BCUT2D eigenvalue weighted by Gasteiger charge is 2.46. The maximum atomic E-state index is 13.2. The van der Waals surface area contributed by atoms with E-state index in [2.05, 4.69) is 15.6 Å². The number of hydrogen-bond donors (Lipinski definition) is 3. The summed E-state index contributed by atoms with van der Waals surface area (Å²) in [4.78, 5) is 45.4. The molecule has 2 aromatic rings. The number of carbonyl (C=O) groups is 2. The fourth-order valence-corrected chi connectivity index (χ4v) is 5.17. The number of rotatable bonds is 4. The summed E-state index contributed by atoms with van der Waals surface area (Å²) >= 11 is 0. The Balaban J connectivity index is 1.46. The molecule has 1 saturated heterocycles. The molecule has 0 atom stereocenters. The summed E-state index contributed by atoms with van der Waals surface area (Å²) in [7, 11) is 0. The molecule has 1 aromatic heterocycles. The molecule has 1 aliphatic carbocycles. The van der Waals surface area contributed by atoms with Gasteiger partial charge >= 0.3 is 6.03 Å². The lowest BCUT2D eigenvalue weighted by atomic mass is 9.77. The van der Waals surface area contributed by atoms with E-state index in [1.54, 1.807) is 4.90 Å². The topological polar surface area (TPSA) is 126 Å². The number of benzene rings is 1. The van der Waals surface area contributed by atoms with E-state index in [0.29, 0.717) is 57.1 Å². The van der Waals surface area contributed by atoms with Crippen LogP contribution in [0.2, 0.25) is 0 Å². The van der Waals surface area contributed by atoms with E-state index in [4.69, 9.17) is 4.74 Å². The van der Waals surface area contributed by atoms with Crippen LogP contribution in [0.3, 0.4) is 0 Å². The second-order valence-corrected chi connectivity index (χ2v) is 9.41. The number of hydrogen-bond acceptors (Lipinski definition) is 6. The fourth-order valence-electron chi connectivity index (χ4n) is 5.17. The molecule has 1 aromatic carbocycles. The smallest absolute Gasteiger partial charge is 0.318 e. The van der Waals surface area contributed by atoms with E-state index >= 15 is 0 Å². The van der Waals surface area contributed by atoms with E-state index in [-0.39, 0.29) is 24.2 Å². The standard InChI is InChI=1S/C24H28FN5O5/c25-17-3-1-15(2-4-17)13-26-20(32)18-19(31)21(33)30-14-16-5-7-24(8-6-16,22(30)27-18)28-23(34)29-9-11-35-12-10-29/h1-4,16,31H,5-14H2,(H,26,32)(H,28,34). The maximum absolute atomic E-state index is 13.2. The Morgan fingerprint density at radius 3 is 2.54 bits per heavy atom. The van der Waals surface area contributed by atoms with Gasteiger partial charge in [-0.05, 0) is 49.3 Å². The van der Waals surface area contributed by atoms with Gasteiger partial charge in [-0.3, -0.25) is 14.2 Å². The number of nitrogens with zero attached hydrogens (tertiary/aromatic N) is 3. The quantitative estimate of drug-likeness (QED) is 0.602. The highest BCUT2D eigenvalue weighted by atomic mass is 19.1. The Hall–Kier alpha value is -3.47. The third-order valence-electron chi connectivity index (χ3n) is 7.20. The van der Waals surface area contributed by atoms with Crippen molar-refractivity contribution in [2.45, 2.75) is 44.3 Å². The monoisotopic (exact) mass is 485 g/mol. The molecule has 1 saturated carbocycles.